The van der Waals surface area contributed by atoms with Crippen LogP contribution in [0, 0.1) is 0 Å². The van der Waals surface area contributed by atoms with Gasteiger partial charge in [0.2, 0.25) is 10.0 Å². The predicted octanol–water partition coefficient (Wildman–Crippen LogP) is 0.416. The van der Waals surface area contributed by atoms with Gasteiger partial charge >= 0.3 is 0 Å². The summed E-state index contributed by atoms with van der Waals surface area (Å²) >= 11 is 0. The molecule has 0 bridgehead atoms. The van der Waals surface area contributed by atoms with Crippen molar-refractivity contribution in [2.75, 3.05) is 26.0 Å². The van der Waals surface area contributed by atoms with Crippen molar-refractivity contribution in [2.24, 2.45) is 0 Å². The van der Waals surface area contributed by atoms with Gasteiger partial charge in [-0.2, -0.15) is 9.40 Å². The summed E-state index contributed by atoms with van der Waals surface area (Å²) in [6.07, 6.45) is 5.36. The monoisotopic (exact) mass is 356 g/mol. The topological polar surface area (TPSA) is 104 Å². The first-order valence-corrected chi connectivity index (χ1v) is 10.2. The van der Waals surface area contributed by atoms with Gasteiger partial charge < -0.3 is 10.1 Å². The Bertz CT molecular complexity index is 700. The molecule has 0 saturated carbocycles. The number of carbonyl (C=O) groups is 1. The molecule has 9 heteroatoms. The number of carbonyl (C=O) groups excluding carboxylic acids is 1. The smallest absolute Gasteiger partial charge is 0.272 e. The highest BCUT2D eigenvalue weighted by molar-refractivity contribution is 7.88. The molecule has 1 fully saturated rings. The third-order valence-electron chi connectivity index (χ3n) is 4.67. The minimum Gasteiger partial charge on any atom is -0.376 e. The molecule has 134 valence electrons. The van der Waals surface area contributed by atoms with E-state index in [2.05, 4.69) is 15.5 Å². The van der Waals surface area contributed by atoms with E-state index in [1.165, 1.54) is 6.26 Å². The molecule has 2 N–H and O–H groups in total. The summed E-state index contributed by atoms with van der Waals surface area (Å²) in [5.74, 6) is -0.236. The summed E-state index contributed by atoms with van der Waals surface area (Å²) in [7, 11) is -3.19. The lowest BCUT2D eigenvalue weighted by atomic mass is 10.0. The fourth-order valence-electron chi connectivity index (χ4n) is 3.43. The summed E-state index contributed by atoms with van der Waals surface area (Å²) in [5, 5.41) is 9.85. The first-order valence-electron chi connectivity index (χ1n) is 8.35. The molecule has 3 heterocycles. The first-order chi connectivity index (χ1) is 11.5. The number of amides is 1. The predicted molar refractivity (Wildman–Crippen MR) is 88.1 cm³/mol. The lowest BCUT2D eigenvalue weighted by molar-refractivity contribution is 0.0921. The number of hydrogen-bond donors (Lipinski definition) is 2. The van der Waals surface area contributed by atoms with Crippen molar-refractivity contribution in [1.82, 2.24) is 19.8 Å². The van der Waals surface area contributed by atoms with Crippen LogP contribution in [0.2, 0.25) is 0 Å². The van der Waals surface area contributed by atoms with Crippen molar-refractivity contribution in [3.05, 3.63) is 17.0 Å². The van der Waals surface area contributed by atoms with Crippen molar-refractivity contribution in [2.45, 2.75) is 44.8 Å². The van der Waals surface area contributed by atoms with Crippen LogP contribution in [0.1, 0.15) is 47.4 Å². The molecule has 1 aromatic rings. The van der Waals surface area contributed by atoms with E-state index >= 15 is 0 Å². The average Bonchev–Trinajstić information content (AvgIpc) is 2.98. The molecule has 0 aliphatic carbocycles. The third-order valence-corrected chi connectivity index (χ3v) is 6.01. The first kappa shape index (κ1) is 17.4. The molecule has 0 radical (unpaired) electrons. The Kier molecular flexibility index (Phi) is 5.21. The van der Waals surface area contributed by atoms with Gasteiger partial charge in [-0.1, -0.05) is 6.42 Å². The molecular weight excluding hydrogens is 332 g/mol. The van der Waals surface area contributed by atoms with Crippen LogP contribution < -0.4 is 5.32 Å². The molecular formula is C15H24N4O4S. The van der Waals surface area contributed by atoms with Gasteiger partial charge in [-0.05, 0) is 19.3 Å². The van der Waals surface area contributed by atoms with Gasteiger partial charge in [0.15, 0.2) is 5.69 Å². The zero-order valence-electron chi connectivity index (χ0n) is 13.9. The summed E-state index contributed by atoms with van der Waals surface area (Å²) in [6.45, 7) is 2.04. The largest absolute Gasteiger partial charge is 0.376 e. The van der Waals surface area contributed by atoms with E-state index in [0.29, 0.717) is 38.4 Å². The van der Waals surface area contributed by atoms with Crippen LogP contribution in [-0.2, 0) is 27.8 Å². The minimum absolute atomic E-state index is 0.0366. The van der Waals surface area contributed by atoms with E-state index < -0.39 is 10.0 Å². The van der Waals surface area contributed by atoms with E-state index in [-0.39, 0.29) is 11.9 Å². The summed E-state index contributed by atoms with van der Waals surface area (Å²) in [4.78, 5) is 12.3. The molecule has 3 rings (SSSR count). The van der Waals surface area contributed by atoms with Crippen LogP contribution >= 0.6 is 0 Å². The lowest BCUT2D eigenvalue weighted by Gasteiger charge is -2.33. The zero-order chi connectivity index (χ0) is 17.2. The fourth-order valence-corrected chi connectivity index (χ4v) is 4.65. The standard InChI is InChI=1S/C15H24N4O4S/c1-24(21,22)19-8-3-2-4-11(19)5-7-16-15(20)14-12-10-23-9-6-13(12)17-18-14/h11H,2-10H2,1H3,(H,16,20)(H,17,18)/t11-/m0/s1. The number of nitrogens with one attached hydrogen (secondary N) is 2. The van der Waals surface area contributed by atoms with Crippen molar-refractivity contribution in [3.63, 3.8) is 0 Å². The van der Waals surface area contributed by atoms with Crippen LogP contribution in [0.4, 0.5) is 0 Å². The van der Waals surface area contributed by atoms with E-state index in [9.17, 15) is 13.2 Å². The Morgan fingerprint density at radius 2 is 2.29 bits per heavy atom. The number of fused-ring (bicyclic) bond motifs is 1. The number of ether oxygens (including phenoxy) is 1. The quantitative estimate of drug-likeness (QED) is 0.795. The number of sulfonamides is 1. The number of hydrogen-bond acceptors (Lipinski definition) is 5. The van der Waals surface area contributed by atoms with Gasteiger partial charge in [0, 0.05) is 36.8 Å². The van der Waals surface area contributed by atoms with Gasteiger partial charge in [-0.15, -0.1) is 0 Å². The zero-order valence-corrected chi connectivity index (χ0v) is 14.7. The van der Waals surface area contributed by atoms with Crippen molar-refractivity contribution in [1.29, 1.82) is 0 Å². The van der Waals surface area contributed by atoms with E-state index in [1.807, 2.05) is 0 Å². The van der Waals surface area contributed by atoms with Crippen LogP contribution in [0.15, 0.2) is 0 Å². The van der Waals surface area contributed by atoms with Gasteiger partial charge in [0.1, 0.15) is 0 Å². The molecule has 1 amide bonds. The van der Waals surface area contributed by atoms with Crippen molar-refractivity contribution >= 4 is 15.9 Å². The Hall–Kier alpha value is -1.45. The van der Waals surface area contributed by atoms with Gasteiger partial charge in [-0.3, -0.25) is 9.89 Å². The molecule has 0 aromatic carbocycles. The Morgan fingerprint density at radius 1 is 1.46 bits per heavy atom. The molecule has 24 heavy (non-hydrogen) atoms. The summed E-state index contributed by atoms with van der Waals surface area (Å²) < 4.78 is 30.6. The second-order valence-electron chi connectivity index (χ2n) is 6.40. The van der Waals surface area contributed by atoms with Crippen molar-refractivity contribution < 1.29 is 17.9 Å². The third kappa shape index (κ3) is 3.79. The van der Waals surface area contributed by atoms with E-state index in [1.54, 1.807) is 4.31 Å². The fraction of sp³-hybridized carbons (Fsp3) is 0.733. The van der Waals surface area contributed by atoms with Crippen LogP contribution in [0.3, 0.4) is 0 Å². The summed E-state index contributed by atoms with van der Waals surface area (Å²) in [6, 6.07) is -0.0366. The number of nitrogens with zero attached hydrogens (tertiary/aromatic N) is 2. The number of H-pyrrole nitrogens is 1. The van der Waals surface area contributed by atoms with Gasteiger partial charge in [0.05, 0.1) is 19.5 Å². The highest BCUT2D eigenvalue weighted by Crippen LogP contribution is 2.22. The van der Waals surface area contributed by atoms with Crippen molar-refractivity contribution in [3.8, 4) is 0 Å². The number of rotatable bonds is 5. The molecule has 0 spiro atoms. The summed E-state index contributed by atoms with van der Waals surface area (Å²) in [5.41, 5.74) is 2.17. The van der Waals surface area contributed by atoms with Gasteiger partial charge in [0.25, 0.3) is 5.91 Å². The van der Waals surface area contributed by atoms with Crippen LogP contribution in [0.5, 0.6) is 0 Å². The maximum absolute atomic E-state index is 12.3. The number of aromatic amines is 1. The SMILES string of the molecule is CS(=O)(=O)N1CCCC[C@H]1CCNC(=O)c1n[nH]c2c1COCC2. The molecule has 2 aliphatic heterocycles. The Morgan fingerprint density at radius 3 is 3.08 bits per heavy atom. The molecule has 1 atom stereocenters. The maximum atomic E-state index is 12.3. The molecule has 2 aliphatic rings. The highest BCUT2D eigenvalue weighted by Gasteiger charge is 2.29. The Balaban J connectivity index is 1.56. The molecule has 8 nitrogen and oxygen atoms in total. The van der Waals surface area contributed by atoms with Gasteiger partial charge in [-0.25, -0.2) is 8.42 Å². The molecule has 1 saturated heterocycles. The molecule has 1 aromatic heterocycles. The molecule has 0 unspecified atom stereocenters. The number of piperidine rings is 1. The Labute approximate surface area is 142 Å². The van der Waals surface area contributed by atoms with Crippen LogP contribution in [-0.4, -0.2) is 60.8 Å². The second-order valence-corrected chi connectivity index (χ2v) is 8.33. The maximum Gasteiger partial charge on any atom is 0.272 e. The highest BCUT2D eigenvalue weighted by atomic mass is 32.2. The second kappa shape index (κ2) is 7.20. The average molecular weight is 356 g/mol. The van der Waals surface area contributed by atoms with E-state index in [4.69, 9.17) is 4.74 Å². The van der Waals surface area contributed by atoms with Crippen LogP contribution in [0.25, 0.3) is 0 Å². The normalized spacial score (nSPS) is 22.1. The lowest BCUT2D eigenvalue weighted by Crippen LogP contribution is -2.44. The number of aromatic nitrogens is 2. The minimum atomic E-state index is -3.19. The van der Waals surface area contributed by atoms with E-state index in [0.717, 1.165) is 36.9 Å².